The molecule has 0 saturated heterocycles. The zero-order chi connectivity index (χ0) is 18.3. The van der Waals surface area contributed by atoms with E-state index < -0.39 is 0 Å². The van der Waals surface area contributed by atoms with Gasteiger partial charge in [0.2, 0.25) is 5.95 Å². The van der Waals surface area contributed by atoms with E-state index in [1.165, 1.54) is 4.90 Å². The standard InChI is InChI=1S/C16H13ClN8O/c1-8-5-22-9(6-21-8)7-25-14-12(13(17)23-16(18)24-14)10(15(25)26)4-11-19-2-3-20-11/h2-6H,7H2,1H3,(H,19,20)(H2,18,23,24)/b10-4-. The predicted molar refractivity (Wildman–Crippen MR) is 95.9 cm³/mol. The number of aryl methyl sites for hydroxylation is 1. The van der Waals surface area contributed by atoms with Crippen molar-refractivity contribution in [2.75, 3.05) is 10.6 Å². The average molecular weight is 369 g/mol. The molecule has 1 amide bonds. The lowest BCUT2D eigenvalue weighted by Gasteiger charge is -2.15. The molecule has 3 aromatic heterocycles. The van der Waals surface area contributed by atoms with E-state index in [0.717, 1.165) is 5.69 Å². The average Bonchev–Trinajstić information content (AvgIpc) is 3.19. The van der Waals surface area contributed by atoms with Crippen LogP contribution in [0, 0.1) is 6.92 Å². The number of nitrogens with two attached hydrogens (primary N) is 1. The largest absolute Gasteiger partial charge is 0.368 e. The number of amides is 1. The number of aromatic nitrogens is 6. The summed E-state index contributed by atoms with van der Waals surface area (Å²) in [6.45, 7) is 2.02. The summed E-state index contributed by atoms with van der Waals surface area (Å²) in [6, 6.07) is 0. The normalized spacial score (nSPS) is 14.9. The van der Waals surface area contributed by atoms with Crippen LogP contribution in [0.5, 0.6) is 0 Å². The second kappa shape index (κ2) is 6.19. The molecule has 0 atom stereocenters. The summed E-state index contributed by atoms with van der Waals surface area (Å²) < 4.78 is 0. The molecule has 10 heteroatoms. The van der Waals surface area contributed by atoms with Crippen LogP contribution in [0.25, 0.3) is 11.6 Å². The number of hydrogen-bond donors (Lipinski definition) is 2. The number of carbonyl (C=O) groups is 1. The molecule has 3 N–H and O–H groups in total. The summed E-state index contributed by atoms with van der Waals surface area (Å²) in [6.07, 6.45) is 8.11. The van der Waals surface area contributed by atoms with E-state index in [2.05, 4.69) is 29.9 Å². The van der Waals surface area contributed by atoms with Gasteiger partial charge < -0.3 is 10.7 Å². The molecule has 0 unspecified atom stereocenters. The molecule has 4 heterocycles. The molecule has 0 aliphatic carbocycles. The first-order valence-corrected chi connectivity index (χ1v) is 8.04. The molecule has 9 nitrogen and oxygen atoms in total. The Labute approximate surface area is 153 Å². The maximum absolute atomic E-state index is 13.0. The van der Waals surface area contributed by atoms with Crippen molar-refractivity contribution >= 4 is 40.9 Å². The van der Waals surface area contributed by atoms with Crippen molar-refractivity contribution in [3.63, 3.8) is 0 Å². The van der Waals surface area contributed by atoms with Crippen LogP contribution in [0.2, 0.25) is 5.15 Å². The van der Waals surface area contributed by atoms with Crippen LogP contribution >= 0.6 is 11.6 Å². The van der Waals surface area contributed by atoms with Crippen molar-refractivity contribution in [1.29, 1.82) is 0 Å². The third-order valence-corrected chi connectivity index (χ3v) is 4.09. The Bertz CT molecular complexity index is 1010. The number of anilines is 2. The molecule has 0 bridgehead atoms. The van der Waals surface area contributed by atoms with Crippen molar-refractivity contribution in [3.05, 3.63) is 52.7 Å². The number of carbonyl (C=O) groups excluding carboxylic acids is 1. The van der Waals surface area contributed by atoms with Crippen LogP contribution in [-0.4, -0.2) is 35.8 Å². The number of nitrogen functional groups attached to an aromatic ring is 1. The highest BCUT2D eigenvalue weighted by molar-refractivity contribution is 6.41. The number of aromatic amines is 1. The summed E-state index contributed by atoms with van der Waals surface area (Å²) in [5.74, 6) is 0.554. The maximum Gasteiger partial charge on any atom is 0.260 e. The third-order valence-electron chi connectivity index (χ3n) is 3.82. The van der Waals surface area contributed by atoms with Crippen LogP contribution in [0.1, 0.15) is 22.8 Å². The molecule has 1 aliphatic heterocycles. The van der Waals surface area contributed by atoms with Crippen LogP contribution < -0.4 is 10.6 Å². The van der Waals surface area contributed by atoms with Gasteiger partial charge in [0, 0.05) is 18.6 Å². The fourth-order valence-corrected chi connectivity index (χ4v) is 2.92. The number of imidazole rings is 1. The molecule has 26 heavy (non-hydrogen) atoms. The highest BCUT2D eigenvalue weighted by Gasteiger charge is 2.37. The Morgan fingerprint density at radius 3 is 2.81 bits per heavy atom. The minimum absolute atomic E-state index is 0.0132. The van der Waals surface area contributed by atoms with Gasteiger partial charge in [-0.3, -0.25) is 19.7 Å². The molecule has 0 spiro atoms. The van der Waals surface area contributed by atoms with E-state index in [1.807, 2.05) is 6.92 Å². The van der Waals surface area contributed by atoms with Crippen molar-refractivity contribution in [3.8, 4) is 0 Å². The van der Waals surface area contributed by atoms with E-state index in [-0.39, 0.29) is 23.6 Å². The van der Waals surface area contributed by atoms with Gasteiger partial charge in [-0.05, 0) is 13.0 Å². The van der Waals surface area contributed by atoms with E-state index >= 15 is 0 Å². The van der Waals surface area contributed by atoms with Gasteiger partial charge >= 0.3 is 0 Å². The number of hydrogen-bond acceptors (Lipinski definition) is 7. The first kappa shape index (κ1) is 16.2. The monoisotopic (exact) mass is 368 g/mol. The van der Waals surface area contributed by atoms with Gasteiger partial charge in [-0.15, -0.1) is 0 Å². The Kier molecular flexibility index (Phi) is 3.85. The third kappa shape index (κ3) is 2.78. The van der Waals surface area contributed by atoms with Crippen molar-refractivity contribution in [2.24, 2.45) is 0 Å². The fourth-order valence-electron chi connectivity index (χ4n) is 2.65. The number of nitrogens with zero attached hydrogens (tertiary/aromatic N) is 6. The van der Waals surface area contributed by atoms with Gasteiger partial charge in [-0.25, -0.2) is 9.97 Å². The number of nitrogens with one attached hydrogen (secondary N) is 1. The SMILES string of the molecule is Cc1cnc(CN2C(=O)/C(=C\c3ncc[nH]3)c3c(Cl)nc(N)nc32)cn1. The Hall–Kier alpha value is -3.33. The number of H-pyrrole nitrogens is 1. The Balaban J connectivity index is 1.81. The minimum atomic E-state index is -0.291. The number of halogens is 1. The van der Waals surface area contributed by atoms with Crippen molar-refractivity contribution < 1.29 is 4.79 Å². The van der Waals surface area contributed by atoms with Gasteiger partial charge in [0.25, 0.3) is 5.91 Å². The van der Waals surface area contributed by atoms with Gasteiger partial charge in [-0.2, -0.15) is 4.98 Å². The lowest BCUT2D eigenvalue weighted by Crippen LogP contribution is -2.27. The Morgan fingerprint density at radius 1 is 1.27 bits per heavy atom. The van der Waals surface area contributed by atoms with Crippen LogP contribution in [-0.2, 0) is 11.3 Å². The quantitative estimate of drug-likeness (QED) is 0.531. The second-order valence-corrected chi connectivity index (χ2v) is 6.00. The van der Waals surface area contributed by atoms with E-state index in [9.17, 15) is 4.79 Å². The van der Waals surface area contributed by atoms with Gasteiger partial charge in [0.05, 0.1) is 35.3 Å². The summed E-state index contributed by atoms with van der Waals surface area (Å²) in [4.78, 5) is 38.2. The molecule has 1 aliphatic rings. The molecular formula is C16H13ClN8O. The zero-order valence-corrected chi connectivity index (χ0v) is 14.4. The van der Waals surface area contributed by atoms with E-state index in [4.69, 9.17) is 17.3 Å². The lowest BCUT2D eigenvalue weighted by molar-refractivity contribution is -0.113. The van der Waals surface area contributed by atoms with Crippen LogP contribution in [0.3, 0.4) is 0 Å². The minimum Gasteiger partial charge on any atom is -0.368 e. The molecule has 130 valence electrons. The summed E-state index contributed by atoms with van der Waals surface area (Å²) in [7, 11) is 0. The lowest BCUT2D eigenvalue weighted by atomic mass is 10.1. The summed E-state index contributed by atoms with van der Waals surface area (Å²) in [5, 5.41) is 0.108. The number of rotatable bonds is 3. The first-order chi connectivity index (χ1) is 12.5. The Morgan fingerprint density at radius 2 is 2.12 bits per heavy atom. The van der Waals surface area contributed by atoms with Crippen molar-refractivity contribution in [1.82, 2.24) is 29.9 Å². The van der Waals surface area contributed by atoms with E-state index in [1.54, 1.807) is 30.9 Å². The summed E-state index contributed by atoms with van der Waals surface area (Å²) in [5.41, 5.74) is 7.88. The molecule has 3 aromatic rings. The smallest absolute Gasteiger partial charge is 0.260 e. The second-order valence-electron chi connectivity index (χ2n) is 5.64. The molecule has 0 radical (unpaired) electrons. The van der Waals surface area contributed by atoms with Crippen LogP contribution in [0.4, 0.5) is 11.8 Å². The molecular weight excluding hydrogens is 356 g/mol. The number of fused-ring (bicyclic) bond motifs is 1. The summed E-state index contributed by atoms with van der Waals surface area (Å²) >= 11 is 6.25. The van der Waals surface area contributed by atoms with Gasteiger partial charge in [0.15, 0.2) is 5.82 Å². The highest BCUT2D eigenvalue weighted by atomic mass is 35.5. The fraction of sp³-hybridized carbons (Fsp3) is 0.125. The predicted octanol–water partition coefficient (Wildman–Crippen LogP) is 1.62. The molecule has 0 saturated carbocycles. The molecule has 4 rings (SSSR count). The topological polar surface area (TPSA) is 127 Å². The van der Waals surface area contributed by atoms with Crippen molar-refractivity contribution in [2.45, 2.75) is 13.5 Å². The van der Waals surface area contributed by atoms with Gasteiger partial charge in [-0.1, -0.05) is 11.6 Å². The van der Waals surface area contributed by atoms with Gasteiger partial charge in [0.1, 0.15) is 11.0 Å². The first-order valence-electron chi connectivity index (χ1n) is 7.67. The van der Waals surface area contributed by atoms with E-state index in [0.29, 0.717) is 28.5 Å². The molecule has 0 fully saturated rings. The molecule has 0 aromatic carbocycles. The maximum atomic E-state index is 13.0. The van der Waals surface area contributed by atoms with Crippen LogP contribution in [0.15, 0.2) is 24.8 Å². The zero-order valence-electron chi connectivity index (χ0n) is 13.6. The highest BCUT2D eigenvalue weighted by Crippen LogP contribution is 2.40.